The predicted molar refractivity (Wildman–Crippen MR) is 101 cm³/mol. The van der Waals surface area contributed by atoms with Crippen molar-refractivity contribution in [1.82, 2.24) is 4.90 Å². The molecule has 3 heteroatoms. The summed E-state index contributed by atoms with van der Waals surface area (Å²) in [6, 6.07) is 19.0. The van der Waals surface area contributed by atoms with Crippen LogP contribution >= 0.6 is 0 Å². The monoisotopic (exact) mass is 334 g/mol. The van der Waals surface area contributed by atoms with Crippen LogP contribution in [0.25, 0.3) is 0 Å². The first-order valence-electron chi connectivity index (χ1n) is 9.16. The van der Waals surface area contributed by atoms with Gasteiger partial charge in [0.05, 0.1) is 18.2 Å². The van der Waals surface area contributed by atoms with Crippen LogP contribution in [0.15, 0.2) is 48.5 Å². The summed E-state index contributed by atoms with van der Waals surface area (Å²) >= 11 is 0. The second-order valence-electron chi connectivity index (χ2n) is 6.83. The number of para-hydroxylation sites is 1. The minimum Gasteiger partial charge on any atom is -0.493 e. The molecule has 0 aromatic heterocycles. The summed E-state index contributed by atoms with van der Waals surface area (Å²) in [5.41, 5.74) is 3.16. The molecule has 130 valence electrons. The molecular weight excluding hydrogens is 308 g/mol. The van der Waals surface area contributed by atoms with Gasteiger partial charge in [0.2, 0.25) is 0 Å². The average Bonchev–Trinajstić information content (AvgIpc) is 3.06. The molecule has 0 amide bonds. The third kappa shape index (κ3) is 4.84. The normalized spacial score (nSPS) is 17.4. The van der Waals surface area contributed by atoms with E-state index in [1.165, 1.54) is 30.5 Å². The highest BCUT2D eigenvalue weighted by Crippen LogP contribution is 2.22. The molecule has 2 aromatic carbocycles. The summed E-state index contributed by atoms with van der Waals surface area (Å²) in [5, 5.41) is 9.02. The van der Waals surface area contributed by atoms with Gasteiger partial charge in [-0.05, 0) is 75.0 Å². The Labute approximate surface area is 150 Å². The SMILES string of the molecule is CN1CCCC1CCOc1ccccc1CCc1cccc(C#N)c1. The zero-order valence-electron chi connectivity index (χ0n) is 14.9. The lowest BCUT2D eigenvalue weighted by Crippen LogP contribution is -2.26. The number of hydrogen-bond acceptors (Lipinski definition) is 3. The minimum atomic E-state index is 0.667. The van der Waals surface area contributed by atoms with E-state index in [0.29, 0.717) is 6.04 Å². The fraction of sp³-hybridized carbons (Fsp3) is 0.409. The van der Waals surface area contributed by atoms with Crippen molar-refractivity contribution in [2.75, 3.05) is 20.2 Å². The van der Waals surface area contributed by atoms with Crippen LogP contribution in [0.2, 0.25) is 0 Å². The zero-order valence-corrected chi connectivity index (χ0v) is 14.9. The molecule has 0 radical (unpaired) electrons. The highest BCUT2D eigenvalue weighted by atomic mass is 16.5. The van der Waals surface area contributed by atoms with E-state index in [4.69, 9.17) is 10.00 Å². The zero-order chi connectivity index (χ0) is 17.5. The van der Waals surface area contributed by atoms with Crippen LogP contribution in [0, 0.1) is 11.3 Å². The van der Waals surface area contributed by atoms with Gasteiger partial charge in [-0.1, -0.05) is 30.3 Å². The first-order chi connectivity index (χ1) is 12.3. The van der Waals surface area contributed by atoms with Gasteiger partial charge in [0.1, 0.15) is 5.75 Å². The number of aryl methyl sites for hydroxylation is 2. The molecular formula is C22H26N2O. The van der Waals surface area contributed by atoms with E-state index in [0.717, 1.165) is 37.2 Å². The van der Waals surface area contributed by atoms with Crippen molar-refractivity contribution in [1.29, 1.82) is 5.26 Å². The van der Waals surface area contributed by atoms with Crippen molar-refractivity contribution >= 4 is 0 Å². The van der Waals surface area contributed by atoms with Gasteiger partial charge in [0, 0.05) is 6.04 Å². The van der Waals surface area contributed by atoms with Gasteiger partial charge in [0.25, 0.3) is 0 Å². The summed E-state index contributed by atoms with van der Waals surface area (Å²) in [4.78, 5) is 2.44. The molecule has 0 saturated carbocycles. The van der Waals surface area contributed by atoms with Crippen LogP contribution in [-0.2, 0) is 12.8 Å². The van der Waals surface area contributed by atoms with Gasteiger partial charge in [-0.25, -0.2) is 0 Å². The van der Waals surface area contributed by atoms with Gasteiger partial charge in [0.15, 0.2) is 0 Å². The van der Waals surface area contributed by atoms with Crippen LogP contribution < -0.4 is 4.74 Å². The average molecular weight is 334 g/mol. The Kier molecular flexibility index (Phi) is 6.09. The second kappa shape index (κ2) is 8.69. The van der Waals surface area contributed by atoms with Gasteiger partial charge < -0.3 is 9.64 Å². The second-order valence-corrected chi connectivity index (χ2v) is 6.83. The van der Waals surface area contributed by atoms with Crippen LogP contribution in [0.1, 0.15) is 36.0 Å². The molecule has 1 atom stereocenters. The van der Waals surface area contributed by atoms with E-state index < -0.39 is 0 Å². The van der Waals surface area contributed by atoms with E-state index in [-0.39, 0.29) is 0 Å². The molecule has 1 aliphatic heterocycles. The lowest BCUT2D eigenvalue weighted by Gasteiger charge is -2.20. The van der Waals surface area contributed by atoms with Crippen LogP contribution in [0.5, 0.6) is 5.75 Å². The van der Waals surface area contributed by atoms with Crippen molar-refractivity contribution in [3.63, 3.8) is 0 Å². The number of hydrogen-bond donors (Lipinski definition) is 0. The molecule has 1 unspecified atom stereocenters. The van der Waals surface area contributed by atoms with Crippen molar-refractivity contribution in [3.8, 4) is 11.8 Å². The first-order valence-corrected chi connectivity index (χ1v) is 9.16. The van der Waals surface area contributed by atoms with Crippen molar-refractivity contribution in [3.05, 3.63) is 65.2 Å². The highest BCUT2D eigenvalue weighted by molar-refractivity contribution is 5.36. The number of rotatable bonds is 7. The van der Waals surface area contributed by atoms with Crippen LogP contribution in [0.3, 0.4) is 0 Å². The number of benzene rings is 2. The Balaban J connectivity index is 1.56. The number of likely N-dealkylation sites (tertiary alicyclic amines) is 1. The summed E-state index contributed by atoms with van der Waals surface area (Å²) in [6.45, 7) is 1.99. The van der Waals surface area contributed by atoms with E-state index in [1.54, 1.807) is 0 Å². The summed E-state index contributed by atoms with van der Waals surface area (Å²) in [5.74, 6) is 1.000. The van der Waals surface area contributed by atoms with Crippen molar-refractivity contribution in [2.45, 2.75) is 38.1 Å². The highest BCUT2D eigenvalue weighted by Gasteiger charge is 2.20. The summed E-state index contributed by atoms with van der Waals surface area (Å²) in [7, 11) is 2.21. The maximum atomic E-state index is 9.02. The predicted octanol–water partition coefficient (Wildman–Crippen LogP) is 4.21. The quantitative estimate of drug-likeness (QED) is 0.761. The summed E-state index contributed by atoms with van der Waals surface area (Å²) in [6.07, 6.45) is 5.53. The molecule has 0 spiro atoms. The number of ether oxygens (including phenoxy) is 1. The fourth-order valence-electron chi connectivity index (χ4n) is 3.58. The van der Waals surface area contributed by atoms with Gasteiger partial charge in [-0.3, -0.25) is 0 Å². The maximum absolute atomic E-state index is 9.02. The van der Waals surface area contributed by atoms with Gasteiger partial charge in [-0.15, -0.1) is 0 Å². The van der Waals surface area contributed by atoms with E-state index >= 15 is 0 Å². The molecule has 2 aromatic rings. The molecule has 3 nitrogen and oxygen atoms in total. The maximum Gasteiger partial charge on any atom is 0.122 e. The molecule has 1 saturated heterocycles. The lowest BCUT2D eigenvalue weighted by atomic mass is 10.0. The minimum absolute atomic E-state index is 0.667. The number of nitriles is 1. The van der Waals surface area contributed by atoms with Crippen molar-refractivity contribution in [2.24, 2.45) is 0 Å². The lowest BCUT2D eigenvalue weighted by molar-refractivity contribution is 0.232. The molecule has 0 bridgehead atoms. The molecule has 3 rings (SSSR count). The Morgan fingerprint density at radius 1 is 1.16 bits per heavy atom. The molecule has 1 fully saturated rings. The van der Waals surface area contributed by atoms with E-state index in [9.17, 15) is 0 Å². The van der Waals surface area contributed by atoms with Crippen LogP contribution in [-0.4, -0.2) is 31.1 Å². The Morgan fingerprint density at radius 3 is 2.84 bits per heavy atom. The smallest absolute Gasteiger partial charge is 0.122 e. The van der Waals surface area contributed by atoms with E-state index in [1.807, 2.05) is 24.3 Å². The summed E-state index contributed by atoms with van der Waals surface area (Å²) < 4.78 is 6.10. The third-order valence-electron chi connectivity index (χ3n) is 5.09. The topological polar surface area (TPSA) is 36.3 Å². The Hall–Kier alpha value is -2.31. The fourth-order valence-corrected chi connectivity index (χ4v) is 3.58. The van der Waals surface area contributed by atoms with Gasteiger partial charge in [-0.2, -0.15) is 5.26 Å². The number of nitrogens with zero attached hydrogens (tertiary/aromatic N) is 2. The van der Waals surface area contributed by atoms with Crippen molar-refractivity contribution < 1.29 is 4.74 Å². The Bertz CT molecular complexity index is 735. The third-order valence-corrected chi connectivity index (χ3v) is 5.09. The van der Waals surface area contributed by atoms with Crippen LogP contribution in [0.4, 0.5) is 0 Å². The first kappa shape index (κ1) is 17.5. The van der Waals surface area contributed by atoms with Gasteiger partial charge >= 0.3 is 0 Å². The largest absolute Gasteiger partial charge is 0.493 e. The molecule has 0 N–H and O–H groups in total. The molecule has 0 aliphatic carbocycles. The standard InChI is InChI=1S/C22H26N2O/c1-24-14-5-9-21(24)13-15-25-22-10-3-2-8-20(22)12-11-18-6-4-7-19(16-18)17-23/h2-4,6-8,10,16,21H,5,9,11-15H2,1H3. The molecule has 1 aliphatic rings. The van der Waals surface area contributed by atoms with E-state index in [2.05, 4.69) is 42.3 Å². The molecule has 25 heavy (non-hydrogen) atoms. The Morgan fingerprint density at radius 2 is 2.04 bits per heavy atom. The molecule has 1 heterocycles.